The lowest BCUT2D eigenvalue weighted by atomic mass is 9.83. The van der Waals surface area contributed by atoms with Gasteiger partial charge in [0.25, 0.3) is 0 Å². The minimum absolute atomic E-state index is 0.0646. The van der Waals surface area contributed by atoms with Gasteiger partial charge in [-0.1, -0.05) is 19.3 Å². The number of hydrogen-bond donors (Lipinski definition) is 2. The molecule has 1 aliphatic carbocycles. The average Bonchev–Trinajstić information content (AvgIpc) is 2.35. The molecule has 1 fully saturated rings. The van der Waals surface area contributed by atoms with Crippen molar-refractivity contribution in [3.05, 3.63) is 24.3 Å². The summed E-state index contributed by atoms with van der Waals surface area (Å²) in [5.41, 5.74) is 6.29. The molecule has 1 aromatic rings. The van der Waals surface area contributed by atoms with Gasteiger partial charge in [0.05, 0.1) is 13.0 Å². The highest BCUT2D eigenvalue weighted by atomic mass is 16.5. The normalized spacial score (nSPS) is 14.7. The smallest absolute Gasteiger partial charge is 0.223 e. The van der Waals surface area contributed by atoms with Gasteiger partial charge >= 0.3 is 0 Å². The SMILES string of the molecule is Nc1ccc(OCCC(=O)NCCC2CCC2)cc1. The van der Waals surface area contributed by atoms with Crippen LogP contribution in [0.1, 0.15) is 32.1 Å². The number of nitrogens with one attached hydrogen (secondary N) is 1. The van der Waals surface area contributed by atoms with E-state index in [1.54, 1.807) is 12.1 Å². The number of hydrogen-bond acceptors (Lipinski definition) is 3. The molecule has 1 aliphatic rings. The van der Waals surface area contributed by atoms with Crippen LogP contribution in [0.4, 0.5) is 5.69 Å². The van der Waals surface area contributed by atoms with E-state index in [1.807, 2.05) is 12.1 Å². The van der Waals surface area contributed by atoms with E-state index in [2.05, 4.69) is 5.32 Å². The highest BCUT2D eigenvalue weighted by molar-refractivity contribution is 5.75. The average molecular weight is 262 g/mol. The lowest BCUT2D eigenvalue weighted by Crippen LogP contribution is -2.28. The van der Waals surface area contributed by atoms with Crippen LogP contribution < -0.4 is 15.8 Å². The number of amides is 1. The zero-order valence-corrected chi connectivity index (χ0v) is 11.2. The number of rotatable bonds is 7. The van der Waals surface area contributed by atoms with Crippen LogP contribution in [0.2, 0.25) is 0 Å². The van der Waals surface area contributed by atoms with E-state index in [0.717, 1.165) is 24.6 Å². The topological polar surface area (TPSA) is 64.3 Å². The Kier molecular flexibility index (Phi) is 5.07. The first-order valence-electron chi connectivity index (χ1n) is 6.99. The van der Waals surface area contributed by atoms with E-state index in [-0.39, 0.29) is 5.91 Å². The van der Waals surface area contributed by atoms with Gasteiger partial charge in [-0.25, -0.2) is 0 Å². The number of ether oxygens (including phenoxy) is 1. The Hall–Kier alpha value is -1.71. The molecule has 1 aromatic carbocycles. The number of nitrogens with two attached hydrogens (primary N) is 1. The Labute approximate surface area is 114 Å². The van der Waals surface area contributed by atoms with Gasteiger partial charge in [-0.3, -0.25) is 4.79 Å². The predicted octanol–water partition coefficient (Wildman–Crippen LogP) is 2.34. The van der Waals surface area contributed by atoms with Crippen LogP contribution in [0.5, 0.6) is 5.75 Å². The molecular weight excluding hydrogens is 240 g/mol. The minimum Gasteiger partial charge on any atom is -0.493 e. The molecular formula is C15H22N2O2. The maximum Gasteiger partial charge on any atom is 0.223 e. The van der Waals surface area contributed by atoms with Crippen molar-refractivity contribution in [2.75, 3.05) is 18.9 Å². The van der Waals surface area contributed by atoms with E-state index in [4.69, 9.17) is 10.5 Å². The summed E-state index contributed by atoms with van der Waals surface area (Å²) in [5, 5.41) is 2.94. The Morgan fingerprint density at radius 3 is 2.68 bits per heavy atom. The fraction of sp³-hybridized carbons (Fsp3) is 0.533. The van der Waals surface area contributed by atoms with Crippen molar-refractivity contribution in [3.63, 3.8) is 0 Å². The second-order valence-electron chi connectivity index (χ2n) is 5.10. The maximum atomic E-state index is 11.6. The predicted molar refractivity (Wildman–Crippen MR) is 75.9 cm³/mol. The van der Waals surface area contributed by atoms with E-state index >= 15 is 0 Å². The summed E-state index contributed by atoms with van der Waals surface area (Å²) in [7, 11) is 0. The molecule has 0 saturated heterocycles. The van der Waals surface area contributed by atoms with Crippen molar-refractivity contribution in [1.29, 1.82) is 0 Å². The lowest BCUT2D eigenvalue weighted by Gasteiger charge is -2.25. The highest BCUT2D eigenvalue weighted by Gasteiger charge is 2.16. The molecule has 0 bridgehead atoms. The zero-order valence-electron chi connectivity index (χ0n) is 11.2. The van der Waals surface area contributed by atoms with Crippen molar-refractivity contribution in [3.8, 4) is 5.75 Å². The molecule has 0 aliphatic heterocycles. The molecule has 1 amide bonds. The fourth-order valence-corrected chi connectivity index (χ4v) is 2.11. The summed E-state index contributed by atoms with van der Waals surface area (Å²) >= 11 is 0. The summed E-state index contributed by atoms with van der Waals surface area (Å²) < 4.78 is 5.48. The van der Waals surface area contributed by atoms with Gasteiger partial charge in [0.15, 0.2) is 0 Å². The van der Waals surface area contributed by atoms with E-state index in [0.29, 0.717) is 18.7 Å². The molecule has 0 unspecified atom stereocenters. The minimum atomic E-state index is 0.0646. The third-order valence-electron chi connectivity index (χ3n) is 3.58. The first-order valence-corrected chi connectivity index (χ1v) is 6.99. The standard InChI is InChI=1S/C15H22N2O2/c16-13-4-6-14(7-5-13)19-11-9-15(18)17-10-8-12-2-1-3-12/h4-7,12H,1-3,8-11,16H2,(H,17,18). The van der Waals surface area contributed by atoms with Gasteiger partial charge in [-0.15, -0.1) is 0 Å². The van der Waals surface area contributed by atoms with Crippen LogP contribution in [0, 0.1) is 5.92 Å². The van der Waals surface area contributed by atoms with E-state index < -0.39 is 0 Å². The maximum absolute atomic E-state index is 11.6. The molecule has 0 heterocycles. The van der Waals surface area contributed by atoms with Crippen molar-refractivity contribution in [1.82, 2.24) is 5.32 Å². The largest absolute Gasteiger partial charge is 0.493 e. The Balaban J connectivity index is 1.54. The Morgan fingerprint density at radius 2 is 2.05 bits per heavy atom. The second kappa shape index (κ2) is 7.02. The van der Waals surface area contributed by atoms with Gasteiger partial charge in [0.2, 0.25) is 5.91 Å². The Morgan fingerprint density at radius 1 is 1.32 bits per heavy atom. The summed E-state index contributed by atoms with van der Waals surface area (Å²) in [5.74, 6) is 1.65. The molecule has 0 spiro atoms. The zero-order chi connectivity index (χ0) is 13.5. The van der Waals surface area contributed by atoms with Gasteiger partial charge in [-0.05, 0) is 36.6 Å². The molecule has 3 N–H and O–H groups in total. The number of nitrogen functional groups attached to an aromatic ring is 1. The van der Waals surface area contributed by atoms with Gasteiger partial charge in [0.1, 0.15) is 5.75 Å². The molecule has 0 aromatic heterocycles. The van der Waals surface area contributed by atoms with Crippen LogP contribution in [0.25, 0.3) is 0 Å². The molecule has 4 nitrogen and oxygen atoms in total. The molecule has 4 heteroatoms. The Bertz CT molecular complexity index is 399. The second-order valence-corrected chi connectivity index (χ2v) is 5.10. The highest BCUT2D eigenvalue weighted by Crippen LogP contribution is 2.28. The van der Waals surface area contributed by atoms with Gasteiger partial charge in [0, 0.05) is 12.2 Å². The fourth-order valence-electron chi connectivity index (χ4n) is 2.11. The quantitative estimate of drug-likeness (QED) is 0.741. The first kappa shape index (κ1) is 13.7. The monoisotopic (exact) mass is 262 g/mol. The third kappa shape index (κ3) is 4.81. The third-order valence-corrected chi connectivity index (χ3v) is 3.58. The van der Waals surface area contributed by atoms with Gasteiger partial charge in [-0.2, -0.15) is 0 Å². The van der Waals surface area contributed by atoms with Gasteiger partial charge < -0.3 is 15.8 Å². The summed E-state index contributed by atoms with van der Waals surface area (Å²) in [6.45, 7) is 1.20. The van der Waals surface area contributed by atoms with Crippen LogP contribution in [0.15, 0.2) is 24.3 Å². The summed E-state index contributed by atoms with van der Waals surface area (Å²) in [4.78, 5) is 11.6. The first-order chi connectivity index (χ1) is 9.24. The van der Waals surface area contributed by atoms with Crippen molar-refractivity contribution in [2.24, 2.45) is 5.92 Å². The number of anilines is 1. The van der Waals surface area contributed by atoms with Crippen molar-refractivity contribution in [2.45, 2.75) is 32.1 Å². The molecule has 2 rings (SSSR count). The van der Waals surface area contributed by atoms with Crippen LogP contribution >= 0.6 is 0 Å². The molecule has 1 saturated carbocycles. The van der Waals surface area contributed by atoms with E-state index in [9.17, 15) is 4.79 Å². The number of carbonyl (C=O) groups excluding carboxylic acids is 1. The van der Waals surface area contributed by atoms with Crippen molar-refractivity contribution < 1.29 is 9.53 Å². The summed E-state index contributed by atoms with van der Waals surface area (Å²) in [6, 6.07) is 7.19. The molecule has 0 atom stereocenters. The van der Waals surface area contributed by atoms with Crippen LogP contribution in [0.3, 0.4) is 0 Å². The van der Waals surface area contributed by atoms with E-state index in [1.165, 1.54) is 19.3 Å². The molecule has 0 radical (unpaired) electrons. The number of carbonyl (C=O) groups is 1. The molecule has 104 valence electrons. The number of benzene rings is 1. The van der Waals surface area contributed by atoms with Crippen LogP contribution in [-0.2, 0) is 4.79 Å². The van der Waals surface area contributed by atoms with Crippen molar-refractivity contribution >= 4 is 11.6 Å². The summed E-state index contributed by atoms with van der Waals surface area (Å²) in [6.07, 6.45) is 5.53. The lowest BCUT2D eigenvalue weighted by molar-refractivity contribution is -0.121. The molecule has 19 heavy (non-hydrogen) atoms. The van der Waals surface area contributed by atoms with Crippen LogP contribution in [-0.4, -0.2) is 19.1 Å².